The Kier molecular flexibility index (Phi) is 5.91. The van der Waals surface area contributed by atoms with Gasteiger partial charge in [0.05, 0.1) is 0 Å². The molecule has 1 aromatic heterocycles. The second-order valence-corrected chi connectivity index (χ2v) is 7.29. The van der Waals surface area contributed by atoms with Crippen LogP contribution in [0.15, 0.2) is 85.2 Å². The van der Waals surface area contributed by atoms with Gasteiger partial charge in [0.25, 0.3) is 0 Å². The van der Waals surface area contributed by atoms with Crippen molar-refractivity contribution in [1.29, 1.82) is 0 Å². The number of alkyl halides is 3. The lowest BCUT2D eigenvalue weighted by Crippen LogP contribution is -2.19. The highest BCUT2D eigenvalue weighted by atomic mass is 19.4. The maximum atomic E-state index is 12.9. The molecule has 0 amide bonds. The summed E-state index contributed by atoms with van der Waals surface area (Å²) < 4.78 is 42.8. The van der Waals surface area contributed by atoms with E-state index in [9.17, 15) is 13.2 Å². The highest BCUT2D eigenvalue weighted by Crippen LogP contribution is 2.34. The van der Waals surface area contributed by atoms with Crippen LogP contribution >= 0.6 is 0 Å². The molecule has 0 saturated carbocycles. The van der Waals surface area contributed by atoms with Crippen molar-refractivity contribution in [3.8, 4) is 16.9 Å². The smallest absolute Gasteiger partial charge is 0.405 e. The molecule has 1 N–H and O–H groups in total. The molecule has 0 aliphatic carbocycles. The summed E-state index contributed by atoms with van der Waals surface area (Å²) in [6.07, 6.45) is -1.67. The number of ether oxygens (including phenoxy) is 1. The van der Waals surface area contributed by atoms with E-state index in [2.05, 4.69) is 46.2 Å². The fourth-order valence-electron chi connectivity index (χ4n) is 3.66. The molecule has 4 aromatic rings. The van der Waals surface area contributed by atoms with Gasteiger partial charge in [0.1, 0.15) is 5.75 Å². The van der Waals surface area contributed by atoms with Gasteiger partial charge in [-0.25, -0.2) is 0 Å². The fraction of sp³-hybridized carbons (Fsp3) is 0.160. The van der Waals surface area contributed by atoms with Gasteiger partial charge in [-0.15, -0.1) is 13.2 Å². The first-order valence-corrected chi connectivity index (χ1v) is 9.91. The van der Waals surface area contributed by atoms with E-state index < -0.39 is 6.36 Å². The van der Waals surface area contributed by atoms with Crippen LogP contribution in [-0.2, 0) is 6.54 Å². The van der Waals surface area contributed by atoms with Crippen molar-refractivity contribution in [3.05, 3.63) is 96.3 Å². The van der Waals surface area contributed by atoms with Gasteiger partial charge in [-0.1, -0.05) is 54.6 Å². The summed E-state index contributed by atoms with van der Waals surface area (Å²) in [5.41, 5.74) is 2.93. The van der Waals surface area contributed by atoms with Crippen LogP contribution in [0.5, 0.6) is 5.75 Å². The van der Waals surface area contributed by atoms with Crippen LogP contribution in [0, 0.1) is 0 Å². The molecule has 0 aliphatic rings. The standard InChI is InChI=1S/C25H21F3N2O/c1-17(21-10-4-7-19-6-2-3-9-22(19)21)30-15-18-11-12-24(31-25(26,27)28)23(14-18)20-8-5-13-29-16-20/h2-14,16-17,30H,15H2,1H3/t17-/m1/s1. The fourth-order valence-corrected chi connectivity index (χ4v) is 3.66. The molecule has 1 atom stereocenters. The Morgan fingerprint density at radius 3 is 2.55 bits per heavy atom. The minimum atomic E-state index is -4.76. The van der Waals surface area contributed by atoms with E-state index in [0.29, 0.717) is 17.7 Å². The summed E-state index contributed by atoms with van der Waals surface area (Å²) in [4.78, 5) is 4.02. The van der Waals surface area contributed by atoms with E-state index in [-0.39, 0.29) is 11.8 Å². The van der Waals surface area contributed by atoms with E-state index in [0.717, 1.165) is 5.56 Å². The number of halogens is 3. The third kappa shape index (κ3) is 5.03. The predicted molar refractivity (Wildman–Crippen MR) is 116 cm³/mol. The summed E-state index contributed by atoms with van der Waals surface area (Å²) >= 11 is 0. The number of nitrogens with zero attached hydrogens (tertiary/aromatic N) is 1. The first kappa shape index (κ1) is 20.9. The van der Waals surface area contributed by atoms with Crippen molar-refractivity contribution in [2.45, 2.75) is 25.9 Å². The Labute approximate surface area is 178 Å². The number of pyridine rings is 1. The number of rotatable bonds is 6. The molecule has 0 bridgehead atoms. The summed E-state index contributed by atoms with van der Waals surface area (Å²) in [6, 6.07) is 22.5. The van der Waals surface area contributed by atoms with E-state index in [1.807, 2.05) is 18.2 Å². The van der Waals surface area contributed by atoms with Crippen LogP contribution in [0.1, 0.15) is 24.1 Å². The van der Waals surface area contributed by atoms with Crippen LogP contribution in [0.25, 0.3) is 21.9 Å². The van der Waals surface area contributed by atoms with Gasteiger partial charge in [-0.2, -0.15) is 0 Å². The van der Waals surface area contributed by atoms with Crippen LogP contribution in [0.2, 0.25) is 0 Å². The lowest BCUT2D eigenvalue weighted by atomic mass is 9.99. The monoisotopic (exact) mass is 422 g/mol. The van der Waals surface area contributed by atoms with Crippen molar-refractivity contribution >= 4 is 10.8 Å². The molecule has 3 aromatic carbocycles. The SMILES string of the molecule is C[C@@H](NCc1ccc(OC(F)(F)F)c(-c2cccnc2)c1)c1cccc2ccccc12. The second-order valence-electron chi connectivity index (χ2n) is 7.29. The number of hydrogen-bond donors (Lipinski definition) is 1. The Bertz CT molecular complexity index is 1170. The molecule has 4 rings (SSSR count). The topological polar surface area (TPSA) is 34.1 Å². The highest BCUT2D eigenvalue weighted by Gasteiger charge is 2.32. The Hall–Kier alpha value is -3.38. The highest BCUT2D eigenvalue weighted by molar-refractivity contribution is 5.86. The van der Waals surface area contributed by atoms with Crippen LogP contribution in [0.3, 0.4) is 0 Å². The molecule has 0 radical (unpaired) electrons. The molecular formula is C25H21F3N2O. The second kappa shape index (κ2) is 8.78. The van der Waals surface area contributed by atoms with E-state index >= 15 is 0 Å². The lowest BCUT2D eigenvalue weighted by molar-refractivity contribution is -0.274. The van der Waals surface area contributed by atoms with E-state index in [1.54, 1.807) is 30.5 Å². The molecule has 6 heteroatoms. The number of fused-ring (bicyclic) bond motifs is 1. The van der Waals surface area contributed by atoms with Gasteiger partial charge in [-0.3, -0.25) is 4.98 Å². The molecule has 0 saturated heterocycles. The van der Waals surface area contributed by atoms with Gasteiger partial charge < -0.3 is 10.1 Å². The summed E-state index contributed by atoms with van der Waals surface area (Å²) in [7, 11) is 0. The van der Waals surface area contributed by atoms with Crippen molar-refractivity contribution < 1.29 is 17.9 Å². The molecule has 0 spiro atoms. The third-order valence-corrected chi connectivity index (χ3v) is 5.14. The Morgan fingerprint density at radius 1 is 0.968 bits per heavy atom. The van der Waals surface area contributed by atoms with E-state index in [1.165, 1.54) is 28.6 Å². The number of benzene rings is 3. The predicted octanol–water partition coefficient (Wildman–Crippen LogP) is 6.65. The van der Waals surface area contributed by atoms with E-state index in [4.69, 9.17) is 0 Å². The van der Waals surface area contributed by atoms with Crippen LogP contribution in [-0.4, -0.2) is 11.3 Å². The van der Waals surface area contributed by atoms with Gasteiger partial charge >= 0.3 is 6.36 Å². The Balaban J connectivity index is 1.58. The van der Waals surface area contributed by atoms with Crippen LogP contribution < -0.4 is 10.1 Å². The lowest BCUT2D eigenvalue weighted by Gasteiger charge is -2.18. The average Bonchev–Trinajstić information content (AvgIpc) is 2.77. The summed E-state index contributed by atoms with van der Waals surface area (Å²) in [5.74, 6) is -0.244. The van der Waals surface area contributed by atoms with Gasteiger partial charge in [0.2, 0.25) is 0 Å². The zero-order valence-corrected chi connectivity index (χ0v) is 16.9. The van der Waals surface area contributed by atoms with Crippen LogP contribution in [0.4, 0.5) is 13.2 Å². The Morgan fingerprint density at radius 2 is 1.77 bits per heavy atom. The third-order valence-electron chi connectivity index (χ3n) is 5.14. The molecule has 1 heterocycles. The molecule has 0 unspecified atom stereocenters. The van der Waals surface area contributed by atoms with Crippen molar-refractivity contribution in [3.63, 3.8) is 0 Å². The molecule has 158 valence electrons. The zero-order chi connectivity index (χ0) is 21.8. The quantitative estimate of drug-likeness (QED) is 0.378. The molecule has 31 heavy (non-hydrogen) atoms. The van der Waals surface area contributed by atoms with Crippen molar-refractivity contribution in [1.82, 2.24) is 10.3 Å². The number of nitrogens with one attached hydrogen (secondary N) is 1. The molecule has 3 nitrogen and oxygen atoms in total. The normalized spacial score (nSPS) is 12.6. The van der Waals surface area contributed by atoms with Crippen molar-refractivity contribution in [2.75, 3.05) is 0 Å². The minimum Gasteiger partial charge on any atom is -0.405 e. The number of hydrogen-bond acceptors (Lipinski definition) is 3. The largest absolute Gasteiger partial charge is 0.573 e. The first-order valence-electron chi connectivity index (χ1n) is 9.91. The molecule has 0 aliphatic heterocycles. The zero-order valence-electron chi connectivity index (χ0n) is 16.9. The maximum Gasteiger partial charge on any atom is 0.573 e. The van der Waals surface area contributed by atoms with Crippen molar-refractivity contribution in [2.24, 2.45) is 0 Å². The average molecular weight is 422 g/mol. The summed E-state index contributed by atoms with van der Waals surface area (Å²) in [5, 5.41) is 5.82. The number of aromatic nitrogens is 1. The van der Waals surface area contributed by atoms with Gasteiger partial charge in [-0.05, 0) is 47.0 Å². The summed E-state index contributed by atoms with van der Waals surface area (Å²) in [6.45, 7) is 2.56. The van der Waals surface area contributed by atoms with Gasteiger partial charge in [0, 0.05) is 36.1 Å². The first-order chi connectivity index (χ1) is 14.9. The minimum absolute atomic E-state index is 0.0547. The maximum absolute atomic E-state index is 12.9. The van der Waals surface area contributed by atoms with Gasteiger partial charge in [0.15, 0.2) is 0 Å². The molecular weight excluding hydrogens is 401 g/mol. The molecule has 0 fully saturated rings.